The van der Waals surface area contributed by atoms with Crippen molar-refractivity contribution in [1.82, 2.24) is 0 Å². The Morgan fingerprint density at radius 1 is 0.600 bits per heavy atom. The van der Waals surface area contributed by atoms with Crippen molar-refractivity contribution in [2.75, 3.05) is 0 Å². The van der Waals surface area contributed by atoms with Crippen LogP contribution in [0, 0.1) is 0 Å². The average molecular weight is 353 g/mol. The highest BCUT2D eigenvalue weighted by Crippen LogP contribution is 2.13. The Kier molecular flexibility index (Phi) is 17.6. The predicted octanol–water partition coefficient (Wildman–Crippen LogP) is 6.12. The van der Waals surface area contributed by atoms with Gasteiger partial charge in [-0.1, -0.05) is 88.9 Å². The molecule has 0 rings (SSSR count). The standard InChI is InChI=1S/C21H36O4/c22-20(23)18-16-14-12-10-8-6-4-2-1-3-5-7-9-11-13-15-17-19-21(24)25/h12,14,16,18H,1-11,13,15,17,19H2,(H,22,23)(H,24,25). The molecule has 0 saturated carbocycles. The molecule has 0 aliphatic rings. The summed E-state index contributed by atoms with van der Waals surface area (Å²) < 4.78 is 0. The first-order valence-electron chi connectivity index (χ1n) is 9.91. The molecule has 4 heteroatoms. The van der Waals surface area contributed by atoms with E-state index in [-0.39, 0.29) is 0 Å². The van der Waals surface area contributed by atoms with Crippen molar-refractivity contribution in [2.45, 2.75) is 96.3 Å². The van der Waals surface area contributed by atoms with E-state index in [0.29, 0.717) is 6.42 Å². The van der Waals surface area contributed by atoms with Gasteiger partial charge in [0, 0.05) is 12.5 Å². The fourth-order valence-electron chi connectivity index (χ4n) is 2.80. The summed E-state index contributed by atoms with van der Waals surface area (Å²) in [5.41, 5.74) is 0. The number of carboxylic acid groups (broad SMARTS) is 2. The number of rotatable bonds is 18. The van der Waals surface area contributed by atoms with E-state index < -0.39 is 11.9 Å². The van der Waals surface area contributed by atoms with Gasteiger partial charge in [-0.15, -0.1) is 0 Å². The van der Waals surface area contributed by atoms with Crippen molar-refractivity contribution in [3.8, 4) is 0 Å². The third kappa shape index (κ3) is 22.4. The van der Waals surface area contributed by atoms with Gasteiger partial charge in [0.2, 0.25) is 0 Å². The van der Waals surface area contributed by atoms with Gasteiger partial charge in [-0.25, -0.2) is 4.79 Å². The lowest BCUT2D eigenvalue weighted by molar-refractivity contribution is -0.137. The summed E-state index contributed by atoms with van der Waals surface area (Å²) >= 11 is 0. The molecule has 0 aromatic carbocycles. The van der Waals surface area contributed by atoms with Gasteiger partial charge in [0.25, 0.3) is 0 Å². The van der Waals surface area contributed by atoms with Crippen LogP contribution in [0.4, 0.5) is 0 Å². The zero-order chi connectivity index (χ0) is 18.6. The van der Waals surface area contributed by atoms with Crippen molar-refractivity contribution in [1.29, 1.82) is 0 Å². The summed E-state index contributed by atoms with van der Waals surface area (Å²) in [6.07, 6.45) is 23.8. The number of unbranched alkanes of at least 4 members (excludes halogenated alkanes) is 13. The van der Waals surface area contributed by atoms with Crippen LogP contribution in [0.1, 0.15) is 96.3 Å². The molecule has 25 heavy (non-hydrogen) atoms. The average Bonchev–Trinajstić information content (AvgIpc) is 2.56. The molecule has 0 aromatic rings. The molecular formula is C21H36O4. The summed E-state index contributed by atoms with van der Waals surface area (Å²) in [5, 5.41) is 17.0. The van der Waals surface area contributed by atoms with Crippen molar-refractivity contribution in [3.05, 3.63) is 24.3 Å². The second kappa shape index (κ2) is 18.8. The number of carboxylic acids is 2. The lowest BCUT2D eigenvalue weighted by Crippen LogP contribution is -1.93. The van der Waals surface area contributed by atoms with Gasteiger partial charge < -0.3 is 10.2 Å². The van der Waals surface area contributed by atoms with E-state index in [4.69, 9.17) is 10.2 Å². The van der Waals surface area contributed by atoms with Gasteiger partial charge in [0.05, 0.1) is 0 Å². The first-order valence-corrected chi connectivity index (χ1v) is 9.91. The van der Waals surface area contributed by atoms with Gasteiger partial charge in [0.1, 0.15) is 0 Å². The van der Waals surface area contributed by atoms with Crippen LogP contribution >= 0.6 is 0 Å². The van der Waals surface area contributed by atoms with Gasteiger partial charge in [0.15, 0.2) is 0 Å². The van der Waals surface area contributed by atoms with Crippen molar-refractivity contribution in [2.24, 2.45) is 0 Å². The van der Waals surface area contributed by atoms with E-state index in [1.54, 1.807) is 12.2 Å². The normalized spacial score (nSPS) is 11.5. The molecule has 2 N–H and O–H groups in total. The van der Waals surface area contributed by atoms with Gasteiger partial charge >= 0.3 is 11.9 Å². The maximum absolute atomic E-state index is 10.4. The van der Waals surface area contributed by atoms with E-state index >= 15 is 0 Å². The molecule has 4 nitrogen and oxygen atoms in total. The Labute approximate surface area is 153 Å². The van der Waals surface area contributed by atoms with Crippen LogP contribution in [-0.4, -0.2) is 22.2 Å². The molecule has 0 aromatic heterocycles. The number of carbonyl (C=O) groups is 2. The molecule has 144 valence electrons. The molecule has 0 spiro atoms. The van der Waals surface area contributed by atoms with Crippen LogP contribution < -0.4 is 0 Å². The van der Waals surface area contributed by atoms with Crippen LogP contribution in [0.15, 0.2) is 24.3 Å². The Morgan fingerprint density at radius 3 is 1.48 bits per heavy atom. The molecule has 0 bridgehead atoms. The van der Waals surface area contributed by atoms with E-state index in [2.05, 4.69) is 0 Å². The molecule has 0 atom stereocenters. The molecule has 0 fully saturated rings. The summed E-state index contributed by atoms with van der Waals surface area (Å²) in [5.74, 6) is -1.58. The number of hydrogen-bond donors (Lipinski definition) is 2. The topological polar surface area (TPSA) is 74.6 Å². The summed E-state index contributed by atoms with van der Waals surface area (Å²) in [7, 11) is 0. The Bertz CT molecular complexity index is 385. The van der Waals surface area contributed by atoms with Crippen LogP contribution in [0.25, 0.3) is 0 Å². The van der Waals surface area contributed by atoms with Crippen molar-refractivity contribution >= 4 is 11.9 Å². The van der Waals surface area contributed by atoms with Gasteiger partial charge in [-0.2, -0.15) is 0 Å². The van der Waals surface area contributed by atoms with E-state index in [9.17, 15) is 9.59 Å². The number of allylic oxidation sites excluding steroid dienone is 3. The second-order valence-corrected chi connectivity index (χ2v) is 6.65. The fourth-order valence-corrected chi connectivity index (χ4v) is 2.80. The van der Waals surface area contributed by atoms with E-state index in [1.807, 2.05) is 6.08 Å². The quantitative estimate of drug-likeness (QED) is 0.177. The van der Waals surface area contributed by atoms with Gasteiger partial charge in [-0.05, 0) is 19.3 Å². The monoisotopic (exact) mass is 352 g/mol. The molecule has 0 unspecified atom stereocenters. The molecular weight excluding hydrogens is 316 g/mol. The van der Waals surface area contributed by atoms with E-state index in [1.165, 1.54) is 70.6 Å². The maximum atomic E-state index is 10.4. The van der Waals surface area contributed by atoms with Crippen molar-refractivity contribution in [3.63, 3.8) is 0 Å². The fraction of sp³-hybridized carbons (Fsp3) is 0.714. The lowest BCUT2D eigenvalue weighted by atomic mass is 10.0. The summed E-state index contributed by atoms with van der Waals surface area (Å²) in [6.45, 7) is 0. The SMILES string of the molecule is O=C(O)C=CC=CCCCCCCCCCCCCCCCC(=O)O. The minimum Gasteiger partial charge on any atom is -0.481 e. The predicted molar refractivity (Wildman–Crippen MR) is 103 cm³/mol. The minimum atomic E-state index is -0.902. The Balaban J connectivity index is 3.12. The first-order chi connectivity index (χ1) is 12.1. The molecule has 0 aliphatic carbocycles. The Morgan fingerprint density at radius 2 is 1.04 bits per heavy atom. The van der Waals surface area contributed by atoms with Crippen LogP contribution in [0.2, 0.25) is 0 Å². The zero-order valence-electron chi connectivity index (χ0n) is 15.6. The smallest absolute Gasteiger partial charge is 0.328 e. The van der Waals surface area contributed by atoms with E-state index in [0.717, 1.165) is 25.3 Å². The highest BCUT2D eigenvalue weighted by Gasteiger charge is 1.97. The largest absolute Gasteiger partial charge is 0.481 e. The highest BCUT2D eigenvalue weighted by atomic mass is 16.4. The molecule has 0 radical (unpaired) electrons. The third-order valence-electron chi connectivity index (χ3n) is 4.25. The zero-order valence-corrected chi connectivity index (χ0v) is 15.6. The molecule has 0 aliphatic heterocycles. The van der Waals surface area contributed by atoms with Crippen molar-refractivity contribution < 1.29 is 19.8 Å². The first kappa shape index (κ1) is 23.4. The molecule has 0 amide bonds. The highest BCUT2D eigenvalue weighted by molar-refractivity contribution is 5.80. The molecule has 0 heterocycles. The molecule has 0 saturated heterocycles. The number of aliphatic carboxylic acids is 2. The lowest BCUT2D eigenvalue weighted by Gasteiger charge is -2.02. The van der Waals surface area contributed by atoms with Gasteiger partial charge in [-0.3, -0.25) is 4.79 Å². The third-order valence-corrected chi connectivity index (χ3v) is 4.25. The number of hydrogen-bond acceptors (Lipinski definition) is 2. The van der Waals surface area contributed by atoms with Crippen LogP contribution in [-0.2, 0) is 9.59 Å². The second-order valence-electron chi connectivity index (χ2n) is 6.65. The minimum absolute atomic E-state index is 0.318. The van der Waals surface area contributed by atoms with Crippen LogP contribution in [0.3, 0.4) is 0 Å². The Hall–Kier alpha value is -1.58. The maximum Gasteiger partial charge on any atom is 0.328 e. The summed E-state index contributed by atoms with van der Waals surface area (Å²) in [4.78, 5) is 20.6. The summed E-state index contributed by atoms with van der Waals surface area (Å²) in [6, 6.07) is 0. The van der Waals surface area contributed by atoms with Crippen LogP contribution in [0.5, 0.6) is 0 Å².